The van der Waals surface area contributed by atoms with Crippen LogP contribution in [0.5, 0.6) is 0 Å². The van der Waals surface area contributed by atoms with Crippen LogP contribution in [0.2, 0.25) is 0 Å². The Morgan fingerprint density at radius 2 is 1.94 bits per heavy atom. The molecule has 0 saturated carbocycles. The zero-order valence-corrected chi connectivity index (χ0v) is 10.5. The lowest BCUT2D eigenvalue weighted by molar-refractivity contribution is -0.385. The highest BCUT2D eigenvalue weighted by Crippen LogP contribution is 2.19. The molecule has 0 aliphatic heterocycles. The number of carbonyl (C=O) groups excluding carboxylic acids is 1. The fourth-order valence-electron chi connectivity index (χ4n) is 1.29. The Morgan fingerprint density at radius 1 is 1.33 bits per heavy atom. The zero-order valence-electron chi connectivity index (χ0n) is 10.5. The number of benzene rings is 1. The smallest absolute Gasteiger partial charge is 0.331 e. The largest absolute Gasteiger partial charge is 0.457 e. The summed E-state index contributed by atoms with van der Waals surface area (Å²) in [6.07, 6.45) is 2.57. The molecule has 0 aromatic heterocycles. The van der Waals surface area contributed by atoms with E-state index in [1.807, 2.05) is 0 Å². The van der Waals surface area contributed by atoms with Gasteiger partial charge in [0.2, 0.25) is 0 Å². The second-order valence-corrected chi connectivity index (χ2v) is 4.68. The van der Waals surface area contributed by atoms with Crippen molar-refractivity contribution in [2.45, 2.75) is 26.4 Å². The number of carbonyl (C=O) groups is 1. The van der Waals surface area contributed by atoms with Crippen molar-refractivity contribution < 1.29 is 14.5 Å². The fraction of sp³-hybridized carbons (Fsp3) is 0.308. The van der Waals surface area contributed by atoms with E-state index in [1.54, 1.807) is 39.0 Å². The number of ether oxygens (including phenoxy) is 1. The molecule has 5 nitrogen and oxygen atoms in total. The molecule has 0 atom stereocenters. The van der Waals surface area contributed by atoms with Crippen molar-refractivity contribution in [3.63, 3.8) is 0 Å². The van der Waals surface area contributed by atoms with Crippen molar-refractivity contribution in [3.8, 4) is 0 Å². The minimum Gasteiger partial charge on any atom is -0.457 e. The van der Waals surface area contributed by atoms with Gasteiger partial charge in [0.05, 0.1) is 10.5 Å². The summed E-state index contributed by atoms with van der Waals surface area (Å²) in [6, 6.07) is 6.19. The summed E-state index contributed by atoms with van der Waals surface area (Å²) >= 11 is 0. The Bertz CT molecular complexity index is 486. The molecule has 0 fully saturated rings. The lowest BCUT2D eigenvalue weighted by Gasteiger charge is -2.17. The number of hydrogen-bond donors (Lipinski definition) is 0. The molecule has 0 saturated heterocycles. The SMILES string of the molecule is CC(C)(C)OC(=O)C=Cc1ccccc1[N+](=O)[O-]. The first kappa shape index (κ1) is 13.9. The van der Waals surface area contributed by atoms with Gasteiger partial charge in [-0.05, 0) is 32.9 Å². The van der Waals surface area contributed by atoms with Crippen molar-refractivity contribution in [2.75, 3.05) is 0 Å². The van der Waals surface area contributed by atoms with Crippen molar-refractivity contribution in [2.24, 2.45) is 0 Å². The van der Waals surface area contributed by atoms with Crippen LogP contribution in [0.3, 0.4) is 0 Å². The third-order valence-electron chi connectivity index (χ3n) is 1.94. The van der Waals surface area contributed by atoms with Gasteiger partial charge in [-0.25, -0.2) is 4.79 Å². The van der Waals surface area contributed by atoms with E-state index in [0.29, 0.717) is 5.56 Å². The monoisotopic (exact) mass is 249 g/mol. The van der Waals surface area contributed by atoms with Crippen LogP contribution in [0.4, 0.5) is 5.69 Å². The number of hydrogen-bond acceptors (Lipinski definition) is 4. The highest BCUT2D eigenvalue weighted by atomic mass is 16.6. The Labute approximate surface area is 105 Å². The number of esters is 1. The summed E-state index contributed by atoms with van der Waals surface area (Å²) in [7, 11) is 0. The molecule has 0 heterocycles. The van der Waals surface area contributed by atoms with Crippen LogP contribution in [-0.2, 0) is 9.53 Å². The predicted octanol–water partition coefficient (Wildman–Crippen LogP) is 2.95. The molecule has 0 amide bonds. The van der Waals surface area contributed by atoms with E-state index in [2.05, 4.69) is 0 Å². The number of nitro groups is 1. The topological polar surface area (TPSA) is 69.4 Å². The minimum absolute atomic E-state index is 0.0442. The summed E-state index contributed by atoms with van der Waals surface area (Å²) in [6.45, 7) is 5.26. The third-order valence-corrected chi connectivity index (χ3v) is 1.94. The first-order chi connectivity index (χ1) is 8.29. The van der Waals surface area contributed by atoms with Gasteiger partial charge >= 0.3 is 5.97 Å². The Balaban J connectivity index is 2.85. The molecule has 0 aliphatic carbocycles. The quantitative estimate of drug-likeness (QED) is 0.357. The Hall–Kier alpha value is -2.17. The van der Waals surface area contributed by atoms with E-state index in [4.69, 9.17) is 4.74 Å². The van der Waals surface area contributed by atoms with Crippen molar-refractivity contribution in [3.05, 3.63) is 46.0 Å². The second kappa shape index (κ2) is 5.44. The van der Waals surface area contributed by atoms with Crippen LogP contribution in [0.1, 0.15) is 26.3 Å². The Morgan fingerprint density at radius 3 is 2.50 bits per heavy atom. The van der Waals surface area contributed by atoms with E-state index in [-0.39, 0.29) is 5.69 Å². The van der Waals surface area contributed by atoms with Gasteiger partial charge in [-0.15, -0.1) is 0 Å². The van der Waals surface area contributed by atoms with E-state index < -0.39 is 16.5 Å². The van der Waals surface area contributed by atoms with Gasteiger partial charge in [-0.1, -0.05) is 12.1 Å². The molecule has 0 aliphatic rings. The van der Waals surface area contributed by atoms with Gasteiger partial charge in [0.1, 0.15) is 5.60 Å². The molecule has 18 heavy (non-hydrogen) atoms. The van der Waals surface area contributed by atoms with Crippen molar-refractivity contribution in [1.82, 2.24) is 0 Å². The molecule has 0 radical (unpaired) electrons. The lowest BCUT2D eigenvalue weighted by Crippen LogP contribution is -2.22. The van der Waals surface area contributed by atoms with Crippen LogP contribution in [0.25, 0.3) is 6.08 Å². The van der Waals surface area contributed by atoms with Crippen molar-refractivity contribution >= 4 is 17.7 Å². The maximum atomic E-state index is 11.4. The van der Waals surface area contributed by atoms with Crippen LogP contribution in [0.15, 0.2) is 30.3 Å². The average molecular weight is 249 g/mol. The molecule has 0 spiro atoms. The van der Waals surface area contributed by atoms with Gasteiger partial charge in [0.15, 0.2) is 0 Å². The predicted molar refractivity (Wildman–Crippen MR) is 68.0 cm³/mol. The molecule has 1 aromatic rings. The summed E-state index contributed by atoms with van der Waals surface area (Å²) in [5.74, 6) is -0.527. The van der Waals surface area contributed by atoms with Gasteiger partial charge in [-0.3, -0.25) is 10.1 Å². The van der Waals surface area contributed by atoms with Crippen LogP contribution in [-0.4, -0.2) is 16.5 Å². The van der Waals surface area contributed by atoms with Gasteiger partial charge in [0, 0.05) is 12.1 Å². The zero-order chi connectivity index (χ0) is 13.8. The molecule has 96 valence electrons. The highest BCUT2D eigenvalue weighted by molar-refractivity contribution is 5.88. The first-order valence-corrected chi connectivity index (χ1v) is 5.44. The van der Waals surface area contributed by atoms with E-state index in [9.17, 15) is 14.9 Å². The lowest BCUT2D eigenvalue weighted by atomic mass is 10.1. The summed E-state index contributed by atoms with van der Waals surface area (Å²) in [5, 5.41) is 10.8. The second-order valence-electron chi connectivity index (χ2n) is 4.68. The van der Waals surface area contributed by atoms with Gasteiger partial charge in [-0.2, -0.15) is 0 Å². The van der Waals surface area contributed by atoms with E-state index >= 15 is 0 Å². The normalized spacial score (nSPS) is 11.5. The van der Waals surface area contributed by atoms with Crippen molar-refractivity contribution in [1.29, 1.82) is 0 Å². The molecule has 1 aromatic carbocycles. The summed E-state index contributed by atoms with van der Waals surface area (Å²) in [4.78, 5) is 21.7. The molecular formula is C13H15NO4. The molecule has 5 heteroatoms. The number of rotatable bonds is 3. The maximum Gasteiger partial charge on any atom is 0.331 e. The number of nitrogens with zero attached hydrogens (tertiary/aromatic N) is 1. The minimum atomic E-state index is -0.579. The van der Waals surface area contributed by atoms with Crippen LogP contribution in [0, 0.1) is 10.1 Å². The summed E-state index contributed by atoms with van der Waals surface area (Å²) < 4.78 is 5.06. The van der Waals surface area contributed by atoms with E-state index in [1.165, 1.54) is 18.2 Å². The van der Waals surface area contributed by atoms with Crippen LogP contribution < -0.4 is 0 Å². The van der Waals surface area contributed by atoms with Crippen LogP contribution >= 0.6 is 0 Å². The molecule has 0 unspecified atom stereocenters. The van der Waals surface area contributed by atoms with E-state index in [0.717, 1.165) is 0 Å². The summed E-state index contributed by atoms with van der Waals surface area (Å²) in [5.41, 5.74) is -0.255. The standard InChI is InChI=1S/C13H15NO4/c1-13(2,3)18-12(15)9-8-10-6-4-5-7-11(10)14(16)17/h4-9H,1-3H3. The number of nitro benzene ring substituents is 1. The molecule has 1 rings (SSSR count). The first-order valence-electron chi connectivity index (χ1n) is 5.44. The number of para-hydroxylation sites is 1. The third kappa shape index (κ3) is 4.37. The van der Waals surface area contributed by atoms with Gasteiger partial charge < -0.3 is 4.74 Å². The maximum absolute atomic E-state index is 11.4. The Kier molecular flexibility index (Phi) is 4.20. The fourth-order valence-corrected chi connectivity index (χ4v) is 1.29. The average Bonchev–Trinajstić information content (AvgIpc) is 2.24. The molecule has 0 N–H and O–H groups in total. The molecule has 0 bridgehead atoms. The van der Waals surface area contributed by atoms with Gasteiger partial charge in [0.25, 0.3) is 5.69 Å². The highest BCUT2D eigenvalue weighted by Gasteiger charge is 2.15. The molecular weight excluding hydrogens is 234 g/mol.